The van der Waals surface area contributed by atoms with Gasteiger partial charge in [-0.05, 0) is 50.9 Å². The van der Waals surface area contributed by atoms with E-state index in [0.29, 0.717) is 29.1 Å². The lowest BCUT2D eigenvalue weighted by Gasteiger charge is -2.20. The number of carbonyl (C=O) groups excluding carboxylic acids is 1. The van der Waals surface area contributed by atoms with Crippen LogP contribution < -0.4 is 5.32 Å². The monoisotopic (exact) mass is 296 g/mol. The summed E-state index contributed by atoms with van der Waals surface area (Å²) >= 11 is 5.97. The fraction of sp³-hybridized carbons (Fsp3) is 0.533. The Morgan fingerprint density at radius 2 is 2.30 bits per heavy atom. The van der Waals surface area contributed by atoms with Crippen molar-refractivity contribution in [2.45, 2.75) is 26.3 Å². The maximum absolute atomic E-state index is 12.1. The van der Waals surface area contributed by atoms with E-state index in [1.807, 2.05) is 0 Å². The third-order valence-electron chi connectivity index (χ3n) is 3.79. The molecule has 1 aliphatic heterocycles. The fourth-order valence-electron chi connectivity index (χ4n) is 2.52. The molecule has 1 aromatic carbocycles. The highest BCUT2D eigenvalue weighted by molar-refractivity contribution is 6.33. The fourth-order valence-corrected chi connectivity index (χ4v) is 2.72. The minimum Gasteiger partial charge on any atom is -0.508 e. The molecule has 0 bridgehead atoms. The molecule has 0 aromatic heterocycles. The van der Waals surface area contributed by atoms with E-state index in [4.69, 9.17) is 11.6 Å². The largest absolute Gasteiger partial charge is 0.508 e. The van der Waals surface area contributed by atoms with Gasteiger partial charge in [0.1, 0.15) is 5.75 Å². The number of rotatable bonds is 4. The van der Waals surface area contributed by atoms with Crippen LogP contribution in [0.1, 0.15) is 30.6 Å². The zero-order valence-electron chi connectivity index (χ0n) is 11.9. The standard InChI is InChI=1S/C15H21ClN2O2/c1-10(2)18-6-5-11(9-18)8-17-15(20)13-7-12(19)3-4-14(13)16/h3-4,7,10-11,19H,5-6,8-9H2,1-2H3,(H,17,20). The Kier molecular flexibility index (Phi) is 4.89. The van der Waals surface area contributed by atoms with Crippen LogP contribution in [0, 0.1) is 5.92 Å². The van der Waals surface area contributed by atoms with Gasteiger partial charge < -0.3 is 15.3 Å². The molecule has 5 heteroatoms. The van der Waals surface area contributed by atoms with E-state index < -0.39 is 0 Å². The van der Waals surface area contributed by atoms with E-state index in [1.54, 1.807) is 0 Å². The Morgan fingerprint density at radius 1 is 1.55 bits per heavy atom. The number of carbonyl (C=O) groups is 1. The zero-order valence-corrected chi connectivity index (χ0v) is 12.7. The summed E-state index contributed by atoms with van der Waals surface area (Å²) in [6.07, 6.45) is 1.10. The molecule has 1 aliphatic rings. The maximum atomic E-state index is 12.1. The molecule has 1 amide bonds. The van der Waals surface area contributed by atoms with Crippen LogP contribution in [-0.4, -0.2) is 41.6 Å². The topological polar surface area (TPSA) is 52.6 Å². The van der Waals surface area contributed by atoms with Crippen molar-refractivity contribution in [1.29, 1.82) is 0 Å². The molecule has 1 atom stereocenters. The van der Waals surface area contributed by atoms with Crippen LogP contribution >= 0.6 is 11.6 Å². The van der Waals surface area contributed by atoms with Crippen LogP contribution in [-0.2, 0) is 0 Å². The van der Waals surface area contributed by atoms with Gasteiger partial charge in [0.15, 0.2) is 0 Å². The third-order valence-corrected chi connectivity index (χ3v) is 4.12. The summed E-state index contributed by atoms with van der Waals surface area (Å²) in [4.78, 5) is 14.5. The van der Waals surface area contributed by atoms with E-state index >= 15 is 0 Å². The Bertz CT molecular complexity index is 491. The first kappa shape index (κ1) is 15.1. The van der Waals surface area contributed by atoms with Crippen molar-refractivity contribution in [3.8, 4) is 5.75 Å². The van der Waals surface area contributed by atoms with Gasteiger partial charge in [0.25, 0.3) is 5.91 Å². The summed E-state index contributed by atoms with van der Waals surface area (Å²) in [5, 5.41) is 12.7. The lowest BCUT2D eigenvalue weighted by Crippen LogP contribution is -2.33. The predicted octanol–water partition coefficient (Wildman–Crippen LogP) is 2.51. The number of halogens is 1. The molecule has 4 nitrogen and oxygen atoms in total. The van der Waals surface area contributed by atoms with Crippen LogP contribution in [0.2, 0.25) is 5.02 Å². The van der Waals surface area contributed by atoms with Gasteiger partial charge in [-0.15, -0.1) is 0 Å². The van der Waals surface area contributed by atoms with Gasteiger partial charge in [-0.2, -0.15) is 0 Å². The molecule has 1 fully saturated rings. The van der Waals surface area contributed by atoms with Crippen molar-refractivity contribution in [3.05, 3.63) is 28.8 Å². The zero-order chi connectivity index (χ0) is 14.7. The van der Waals surface area contributed by atoms with Crippen molar-refractivity contribution in [2.24, 2.45) is 5.92 Å². The highest BCUT2D eigenvalue weighted by Crippen LogP contribution is 2.22. The molecule has 1 aromatic rings. The van der Waals surface area contributed by atoms with Gasteiger partial charge in [0.2, 0.25) is 0 Å². The Labute approximate surface area is 124 Å². The number of amides is 1. The van der Waals surface area contributed by atoms with Gasteiger partial charge in [-0.25, -0.2) is 0 Å². The Hall–Kier alpha value is -1.26. The van der Waals surface area contributed by atoms with Crippen LogP contribution in [0.3, 0.4) is 0 Å². The number of hydrogen-bond donors (Lipinski definition) is 2. The summed E-state index contributed by atoms with van der Waals surface area (Å²) in [5.41, 5.74) is 0.324. The van der Waals surface area contributed by atoms with E-state index in [0.717, 1.165) is 19.5 Å². The molecule has 1 unspecified atom stereocenters. The second-order valence-corrected chi connectivity index (χ2v) is 6.02. The van der Waals surface area contributed by atoms with Crippen LogP contribution in [0.25, 0.3) is 0 Å². The molecule has 1 heterocycles. The van der Waals surface area contributed by atoms with Gasteiger partial charge in [-0.1, -0.05) is 11.6 Å². The van der Waals surface area contributed by atoms with Crippen LogP contribution in [0.15, 0.2) is 18.2 Å². The number of likely N-dealkylation sites (tertiary alicyclic amines) is 1. The lowest BCUT2D eigenvalue weighted by atomic mass is 10.1. The van der Waals surface area contributed by atoms with E-state index in [1.165, 1.54) is 18.2 Å². The summed E-state index contributed by atoms with van der Waals surface area (Å²) in [6, 6.07) is 4.95. The van der Waals surface area contributed by atoms with Crippen LogP contribution in [0.5, 0.6) is 5.75 Å². The second-order valence-electron chi connectivity index (χ2n) is 5.62. The average molecular weight is 297 g/mol. The first-order valence-corrected chi connectivity index (χ1v) is 7.36. The first-order valence-electron chi connectivity index (χ1n) is 6.98. The van der Waals surface area contributed by atoms with E-state index in [2.05, 4.69) is 24.1 Å². The molecular formula is C15H21ClN2O2. The molecule has 0 radical (unpaired) electrons. The summed E-state index contributed by atoms with van der Waals surface area (Å²) in [5.74, 6) is 0.303. The SMILES string of the molecule is CC(C)N1CCC(CNC(=O)c2cc(O)ccc2Cl)C1. The van der Waals surface area contributed by atoms with Gasteiger partial charge in [-0.3, -0.25) is 4.79 Å². The molecule has 2 N–H and O–H groups in total. The molecular weight excluding hydrogens is 276 g/mol. The van der Waals surface area contributed by atoms with Crippen molar-refractivity contribution in [1.82, 2.24) is 10.2 Å². The number of phenols is 1. The number of hydrogen-bond acceptors (Lipinski definition) is 3. The quantitative estimate of drug-likeness (QED) is 0.897. The third kappa shape index (κ3) is 3.64. The lowest BCUT2D eigenvalue weighted by molar-refractivity contribution is 0.0947. The number of nitrogens with one attached hydrogen (secondary N) is 1. The minimum atomic E-state index is -0.228. The molecule has 20 heavy (non-hydrogen) atoms. The number of aromatic hydroxyl groups is 1. The molecule has 2 rings (SSSR count). The average Bonchev–Trinajstić information content (AvgIpc) is 2.88. The van der Waals surface area contributed by atoms with E-state index in [-0.39, 0.29) is 11.7 Å². The van der Waals surface area contributed by atoms with Crippen molar-refractivity contribution < 1.29 is 9.90 Å². The Morgan fingerprint density at radius 3 is 2.95 bits per heavy atom. The second kappa shape index (κ2) is 6.46. The van der Waals surface area contributed by atoms with E-state index in [9.17, 15) is 9.90 Å². The van der Waals surface area contributed by atoms with Crippen molar-refractivity contribution >= 4 is 17.5 Å². The van der Waals surface area contributed by atoms with Gasteiger partial charge in [0.05, 0.1) is 10.6 Å². The molecule has 1 saturated heterocycles. The minimum absolute atomic E-state index is 0.0476. The molecule has 110 valence electrons. The number of nitrogens with zero attached hydrogens (tertiary/aromatic N) is 1. The summed E-state index contributed by atoms with van der Waals surface area (Å²) in [7, 11) is 0. The molecule has 0 saturated carbocycles. The molecule has 0 spiro atoms. The van der Waals surface area contributed by atoms with Crippen molar-refractivity contribution in [3.63, 3.8) is 0 Å². The van der Waals surface area contributed by atoms with Crippen LogP contribution in [0.4, 0.5) is 0 Å². The highest BCUT2D eigenvalue weighted by atomic mass is 35.5. The number of benzene rings is 1. The van der Waals surface area contributed by atoms with Crippen molar-refractivity contribution in [2.75, 3.05) is 19.6 Å². The number of phenolic OH excluding ortho intramolecular Hbond substituents is 1. The first-order chi connectivity index (χ1) is 9.47. The molecule has 0 aliphatic carbocycles. The Balaban J connectivity index is 1.88. The predicted molar refractivity (Wildman–Crippen MR) is 80.3 cm³/mol. The maximum Gasteiger partial charge on any atom is 0.252 e. The van der Waals surface area contributed by atoms with Gasteiger partial charge in [0, 0.05) is 19.1 Å². The highest BCUT2D eigenvalue weighted by Gasteiger charge is 2.24. The normalized spacial score (nSPS) is 19.5. The summed E-state index contributed by atoms with van der Waals surface area (Å²) in [6.45, 7) is 7.13. The van der Waals surface area contributed by atoms with Gasteiger partial charge >= 0.3 is 0 Å². The smallest absolute Gasteiger partial charge is 0.252 e. The summed E-state index contributed by atoms with van der Waals surface area (Å²) < 4.78 is 0.